The van der Waals surface area contributed by atoms with Crippen LogP contribution in [0.15, 0.2) is 11.0 Å². The van der Waals surface area contributed by atoms with Crippen LogP contribution in [0.25, 0.3) is 0 Å². The van der Waals surface area contributed by atoms with Gasteiger partial charge in [-0.1, -0.05) is 6.92 Å². The number of nitrogens with zero attached hydrogens (tertiary/aromatic N) is 2. The number of hydrogen-bond donors (Lipinski definition) is 2. The Hall–Kier alpha value is -1.54. The molecule has 0 amide bonds. The van der Waals surface area contributed by atoms with Gasteiger partial charge < -0.3 is 15.6 Å². The molecule has 106 valence electrons. The van der Waals surface area contributed by atoms with Gasteiger partial charge >= 0.3 is 5.69 Å². The molecule has 1 aromatic rings. The second kappa shape index (κ2) is 4.86. The highest BCUT2D eigenvalue weighted by Gasteiger charge is 2.50. The molecule has 2 rings (SSSR count). The third kappa shape index (κ3) is 2.45. The van der Waals surface area contributed by atoms with Crippen LogP contribution in [0, 0.1) is 0 Å². The lowest BCUT2D eigenvalue weighted by Crippen LogP contribution is -2.31. The largest absolute Gasteiger partial charge is 0.393 e. The molecule has 1 saturated heterocycles. The fourth-order valence-corrected chi connectivity index (χ4v) is 2.04. The van der Waals surface area contributed by atoms with Crippen molar-refractivity contribution in [3.05, 3.63) is 22.2 Å². The lowest BCUT2D eigenvalue weighted by Gasteiger charge is -2.15. The molecule has 0 saturated carbocycles. The highest BCUT2D eigenvalue weighted by molar-refractivity contribution is 5.36. The number of nitrogen functional groups attached to an aromatic ring is 1. The van der Waals surface area contributed by atoms with Crippen LogP contribution in [0.3, 0.4) is 0 Å². The highest BCUT2D eigenvalue weighted by atomic mass is 19.3. The van der Waals surface area contributed by atoms with E-state index >= 15 is 0 Å². The third-order valence-electron chi connectivity index (χ3n) is 3.16. The van der Waals surface area contributed by atoms with Crippen molar-refractivity contribution < 1.29 is 18.6 Å². The lowest BCUT2D eigenvalue weighted by atomic mass is 10.1. The van der Waals surface area contributed by atoms with Gasteiger partial charge in [0.25, 0.3) is 5.92 Å². The van der Waals surface area contributed by atoms with E-state index in [1.54, 1.807) is 0 Å². The van der Waals surface area contributed by atoms with Gasteiger partial charge in [-0.15, -0.1) is 0 Å². The number of aliphatic hydroxyl groups excluding tert-OH is 1. The maximum absolute atomic E-state index is 13.5. The first-order chi connectivity index (χ1) is 8.89. The number of nitrogens with two attached hydrogens (primary N) is 1. The van der Waals surface area contributed by atoms with Gasteiger partial charge in [-0.05, 0) is 6.42 Å². The Bertz CT molecular complexity index is 532. The number of aliphatic hydroxyl groups is 1. The molecule has 0 aromatic carbocycles. The van der Waals surface area contributed by atoms with Gasteiger partial charge in [0.05, 0.1) is 13.0 Å². The Morgan fingerprint density at radius 2 is 2.37 bits per heavy atom. The Labute approximate surface area is 107 Å². The minimum Gasteiger partial charge on any atom is -0.393 e. The number of anilines is 1. The molecule has 19 heavy (non-hydrogen) atoms. The smallest absolute Gasteiger partial charge is 0.351 e. The fourth-order valence-electron chi connectivity index (χ4n) is 2.04. The average Bonchev–Trinajstić information content (AvgIpc) is 2.64. The summed E-state index contributed by atoms with van der Waals surface area (Å²) in [5.41, 5.74) is 5.39. The number of aryl methyl sites for hydroxylation is 1. The maximum Gasteiger partial charge on any atom is 0.351 e. The SMILES string of the molecule is CCc1cn(C2CC(F)(F)C(CO)O2)c(=O)nc1N. The van der Waals surface area contributed by atoms with Gasteiger partial charge in [0, 0.05) is 11.8 Å². The summed E-state index contributed by atoms with van der Waals surface area (Å²) in [7, 11) is 0. The topological polar surface area (TPSA) is 90.4 Å². The number of halogens is 2. The molecular formula is C11H15F2N3O3. The minimum atomic E-state index is -3.17. The molecule has 1 aliphatic heterocycles. The van der Waals surface area contributed by atoms with Crippen molar-refractivity contribution in [2.45, 2.75) is 38.0 Å². The molecule has 6 nitrogen and oxygen atoms in total. The maximum atomic E-state index is 13.5. The summed E-state index contributed by atoms with van der Waals surface area (Å²) in [6, 6.07) is 0. The Kier molecular flexibility index (Phi) is 3.55. The molecule has 2 heterocycles. The molecule has 1 aromatic heterocycles. The van der Waals surface area contributed by atoms with Gasteiger partial charge in [0.1, 0.15) is 18.1 Å². The van der Waals surface area contributed by atoms with Crippen LogP contribution in [0.4, 0.5) is 14.6 Å². The normalized spacial score (nSPS) is 25.7. The molecular weight excluding hydrogens is 260 g/mol. The summed E-state index contributed by atoms with van der Waals surface area (Å²) < 4.78 is 33.0. The highest BCUT2D eigenvalue weighted by Crippen LogP contribution is 2.40. The van der Waals surface area contributed by atoms with Crippen LogP contribution in [-0.4, -0.2) is 33.3 Å². The van der Waals surface area contributed by atoms with Crippen molar-refractivity contribution in [2.24, 2.45) is 0 Å². The predicted octanol–water partition coefficient (Wildman–Crippen LogP) is 0.303. The zero-order valence-corrected chi connectivity index (χ0v) is 10.3. The van der Waals surface area contributed by atoms with Crippen molar-refractivity contribution >= 4 is 5.82 Å². The van der Waals surface area contributed by atoms with Crippen molar-refractivity contribution in [2.75, 3.05) is 12.3 Å². The van der Waals surface area contributed by atoms with Crippen molar-refractivity contribution in [1.82, 2.24) is 9.55 Å². The van der Waals surface area contributed by atoms with E-state index in [1.807, 2.05) is 6.92 Å². The van der Waals surface area contributed by atoms with E-state index in [0.717, 1.165) is 4.57 Å². The number of aromatic nitrogens is 2. The van der Waals surface area contributed by atoms with Crippen molar-refractivity contribution in [1.29, 1.82) is 0 Å². The molecule has 0 aliphatic carbocycles. The predicted molar refractivity (Wildman–Crippen MR) is 62.8 cm³/mol. The van der Waals surface area contributed by atoms with Crippen LogP contribution in [0.2, 0.25) is 0 Å². The molecule has 2 atom stereocenters. The van der Waals surface area contributed by atoms with Crippen LogP contribution in [0.5, 0.6) is 0 Å². The molecule has 3 N–H and O–H groups in total. The second-order valence-electron chi connectivity index (χ2n) is 4.42. The standard InChI is InChI=1S/C11H15F2N3O3/c1-2-6-4-16(10(18)15-9(6)14)8-3-11(12,13)7(5-17)19-8/h4,7-8,17H,2-3,5H2,1H3,(H2,14,15,18). The fraction of sp³-hybridized carbons (Fsp3) is 0.636. The van der Waals surface area contributed by atoms with E-state index in [1.165, 1.54) is 6.20 Å². The monoisotopic (exact) mass is 275 g/mol. The minimum absolute atomic E-state index is 0.0900. The van der Waals surface area contributed by atoms with E-state index in [0.29, 0.717) is 12.0 Å². The second-order valence-corrected chi connectivity index (χ2v) is 4.42. The number of alkyl halides is 2. The van der Waals surface area contributed by atoms with Crippen LogP contribution in [-0.2, 0) is 11.2 Å². The first-order valence-corrected chi connectivity index (χ1v) is 5.90. The van der Waals surface area contributed by atoms with Gasteiger partial charge in [0.15, 0.2) is 0 Å². The van der Waals surface area contributed by atoms with Crippen molar-refractivity contribution in [3.63, 3.8) is 0 Å². The summed E-state index contributed by atoms with van der Waals surface area (Å²) >= 11 is 0. The Morgan fingerprint density at radius 1 is 1.68 bits per heavy atom. The molecule has 8 heteroatoms. The molecule has 1 fully saturated rings. The summed E-state index contributed by atoms with van der Waals surface area (Å²) in [6.45, 7) is 1.00. The zero-order valence-electron chi connectivity index (χ0n) is 10.3. The number of ether oxygens (including phenoxy) is 1. The summed E-state index contributed by atoms with van der Waals surface area (Å²) in [4.78, 5) is 15.3. The summed E-state index contributed by atoms with van der Waals surface area (Å²) in [5, 5.41) is 8.85. The molecule has 1 aliphatic rings. The number of rotatable bonds is 3. The quantitative estimate of drug-likeness (QED) is 0.828. The molecule has 0 spiro atoms. The first kappa shape index (κ1) is 13.9. The molecule has 0 bridgehead atoms. The van der Waals surface area contributed by atoms with Gasteiger partial charge in [0.2, 0.25) is 0 Å². The van der Waals surface area contributed by atoms with E-state index in [4.69, 9.17) is 15.6 Å². The Balaban J connectivity index is 2.36. The molecule has 0 radical (unpaired) electrons. The van der Waals surface area contributed by atoms with E-state index < -0.39 is 37.0 Å². The van der Waals surface area contributed by atoms with Crippen molar-refractivity contribution in [3.8, 4) is 0 Å². The first-order valence-electron chi connectivity index (χ1n) is 5.90. The average molecular weight is 275 g/mol. The van der Waals surface area contributed by atoms with Gasteiger partial charge in [-0.25, -0.2) is 13.6 Å². The van der Waals surface area contributed by atoms with Crippen LogP contribution >= 0.6 is 0 Å². The lowest BCUT2D eigenvalue weighted by molar-refractivity contribution is -0.102. The zero-order chi connectivity index (χ0) is 14.2. The van der Waals surface area contributed by atoms with Gasteiger partial charge in [-0.3, -0.25) is 4.57 Å². The van der Waals surface area contributed by atoms with E-state index in [9.17, 15) is 13.6 Å². The number of hydrogen-bond acceptors (Lipinski definition) is 5. The summed E-state index contributed by atoms with van der Waals surface area (Å²) in [6.07, 6.45) is -1.52. The van der Waals surface area contributed by atoms with E-state index in [-0.39, 0.29) is 5.82 Å². The van der Waals surface area contributed by atoms with Gasteiger partial charge in [-0.2, -0.15) is 4.98 Å². The van der Waals surface area contributed by atoms with E-state index in [2.05, 4.69) is 4.98 Å². The van der Waals surface area contributed by atoms with Crippen LogP contribution < -0.4 is 11.4 Å². The summed E-state index contributed by atoms with van der Waals surface area (Å²) in [5.74, 6) is -3.08. The van der Waals surface area contributed by atoms with Crippen LogP contribution in [0.1, 0.15) is 25.1 Å². The molecule has 2 unspecified atom stereocenters. The third-order valence-corrected chi connectivity index (χ3v) is 3.16. The Morgan fingerprint density at radius 3 is 2.89 bits per heavy atom.